The van der Waals surface area contributed by atoms with Crippen LogP contribution in [0.3, 0.4) is 0 Å². The predicted molar refractivity (Wildman–Crippen MR) is 251 cm³/mol. The van der Waals surface area contributed by atoms with Crippen LogP contribution < -0.4 is 0 Å². The van der Waals surface area contributed by atoms with Crippen molar-refractivity contribution in [2.75, 3.05) is 51.9 Å². The molecule has 0 N–H and O–H groups in total. The molecule has 0 spiro atoms. The molecule has 0 aliphatic carbocycles. The van der Waals surface area contributed by atoms with E-state index in [4.69, 9.17) is 25.8 Å². The standard InChI is InChI=1S/C51H102ClNO4/c1-5-9-13-17-20-22-24-26-29-36-44-55-48-50(56-45-37-30-27-25-23-21-18-14-10-6-2)46-53(43-41-52)42-35-31-34-40-51(54)57-47-49(38-32-16-12-8-4)39-33-28-19-15-11-7-3/h49-50H,5-48H2,1-4H3. The molecule has 5 nitrogen and oxygen atoms in total. The molecule has 0 aromatic heterocycles. The number of unbranched alkanes of at least 4 members (excludes halogenated alkanes) is 28. The Morgan fingerprint density at radius 1 is 0.474 bits per heavy atom. The first-order chi connectivity index (χ1) is 28.1. The Hall–Kier alpha value is -0.360. The summed E-state index contributed by atoms with van der Waals surface area (Å²) in [5, 5.41) is 0. The minimum atomic E-state index is -0.00545. The van der Waals surface area contributed by atoms with Crippen LogP contribution in [0.2, 0.25) is 0 Å². The third-order valence-electron chi connectivity index (χ3n) is 11.9. The molecule has 0 aliphatic rings. The van der Waals surface area contributed by atoms with Gasteiger partial charge in [-0.25, -0.2) is 0 Å². The Bertz CT molecular complexity index is 770. The van der Waals surface area contributed by atoms with Gasteiger partial charge in [0.2, 0.25) is 0 Å². The van der Waals surface area contributed by atoms with E-state index in [1.807, 2.05) is 0 Å². The van der Waals surface area contributed by atoms with Crippen molar-refractivity contribution in [1.82, 2.24) is 4.90 Å². The molecular formula is C51H102ClNO4. The molecular weight excluding hydrogens is 726 g/mol. The van der Waals surface area contributed by atoms with Crippen LogP contribution >= 0.6 is 11.6 Å². The first-order valence-electron chi connectivity index (χ1n) is 25.7. The van der Waals surface area contributed by atoms with E-state index >= 15 is 0 Å². The molecule has 0 fully saturated rings. The number of rotatable bonds is 49. The van der Waals surface area contributed by atoms with Crippen molar-refractivity contribution in [3.05, 3.63) is 0 Å². The summed E-state index contributed by atoms with van der Waals surface area (Å²) in [7, 11) is 0. The van der Waals surface area contributed by atoms with Crippen LogP contribution in [0.15, 0.2) is 0 Å². The molecule has 0 aromatic rings. The maximum Gasteiger partial charge on any atom is 0.305 e. The second kappa shape index (κ2) is 48.3. The van der Waals surface area contributed by atoms with Crippen molar-refractivity contribution in [1.29, 1.82) is 0 Å². The van der Waals surface area contributed by atoms with Crippen molar-refractivity contribution in [2.45, 2.75) is 265 Å². The van der Waals surface area contributed by atoms with E-state index in [9.17, 15) is 4.79 Å². The lowest BCUT2D eigenvalue weighted by Gasteiger charge is -2.27. The number of carbonyl (C=O) groups excluding carboxylic acids is 1. The van der Waals surface area contributed by atoms with Gasteiger partial charge in [-0.05, 0) is 51.0 Å². The highest BCUT2D eigenvalue weighted by Gasteiger charge is 2.16. The van der Waals surface area contributed by atoms with E-state index in [1.165, 1.54) is 193 Å². The molecule has 0 amide bonds. The van der Waals surface area contributed by atoms with Gasteiger partial charge in [-0.15, -0.1) is 11.6 Å². The molecule has 0 rings (SSSR count). The normalized spacial score (nSPS) is 12.8. The van der Waals surface area contributed by atoms with E-state index in [0.29, 0.717) is 31.4 Å². The molecule has 0 bridgehead atoms. The molecule has 0 saturated carbocycles. The number of halogens is 1. The molecule has 342 valence electrons. The molecule has 57 heavy (non-hydrogen) atoms. The fraction of sp³-hybridized carbons (Fsp3) is 0.980. The first-order valence-corrected chi connectivity index (χ1v) is 26.3. The summed E-state index contributed by atoms with van der Waals surface area (Å²) in [5.41, 5.74) is 0. The van der Waals surface area contributed by atoms with Gasteiger partial charge in [0.15, 0.2) is 0 Å². The van der Waals surface area contributed by atoms with Crippen LogP contribution in [0.1, 0.15) is 259 Å². The fourth-order valence-electron chi connectivity index (χ4n) is 8.05. The van der Waals surface area contributed by atoms with Crippen molar-refractivity contribution < 1.29 is 19.0 Å². The zero-order valence-corrected chi connectivity index (χ0v) is 40.0. The Kier molecular flexibility index (Phi) is 48.0. The lowest BCUT2D eigenvalue weighted by Crippen LogP contribution is -2.38. The number of hydrogen-bond donors (Lipinski definition) is 0. The smallest absolute Gasteiger partial charge is 0.305 e. The number of alkyl halides is 1. The van der Waals surface area contributed by atoms with Gasteiger partial charge in [0.25, 0.3) is 0 Å². The van der Waals surface area contributed by atoms with Crippen LogP contribution in [-0.2, 0) is 19.0 Å². The lowest BCUT2D eigenvalue weighted by molar-refractivity contribution is -0.145. The third kappa shape index (κ3) is 43.5. The fourth-order valence-corrected chi connectivity index (χ4v) is 8.29. The van der Waals surface area contributed by atoms with Crippen molar-refractivity contribution in [3.8, 4) is 0 Å². The molecule has 6 heteroatoms. The number of esters is 1. The minimum Gasteiger partial charge on any atom is -0.465 e. The zero-order valence-electron chi connectivity index (χ0n) is 39.2. The summed E-state index contributed by atoms with van der Waals surface area (Å²) in [6.07, 6.45) is 45.9. The Morgan fingerprint density at radius 2 is 0.895 bits per heavy atom. The van der Waals surface area contributed by atoms with Gasteiger partial charge >= 0.3 is 5.97 Å². The van der Waals surface area contributed by atoms with Crippen LogP contribution in [0.25, 0.3) is 0 Å². The molecule has 0 saturated heterocycles. The topological polar surface area (TPSA) is 48.0 Å². The van der Waals surface area contributed by atoms with E-state index in [1.54, 1.807) is 0 Å². The van der Waals surface area contributed by atoms with Gasteiger partial charge in [0.1, 0.15) is 0 Å². The highest BCUT2D eigenvalue weighted by Crippen LogP contribution is 2.20. The van der Waals surface area contributed by atoms with E-state index < -0.39 is 0 Å². The molecule has 0 radical (unpaired) electrons. The maximum absolute atomic E-state index is 12.7. The van der Waals surface area contributed by atoms with Crippen LogP contribution in [0, 0.1) is 5.92 Å². The minimum absolute atomic E-state index is 0.00545. The summed E-state index contributed by atoms with van der Waals surface area (Å²) in [4.78, 5) is 15.2. The number of nitrogens with zero attached hydrogens (tertiary/aromatic N) is 1. The highest BCUT2D eigenvalue weighted by atomic mass is 35.5. The van der Waals surface area contributed by atoms with E-state index in [0.717, 1.165) is 65.0 Å². The Labute approximate surface area is 363 Å². The maximum atomic E-state index is 12.7. The van der Waals surface area contributed by atoms with Crippen molar-refractivity contribution in [3.63, 3.8) is 0 Å². The number of carbonyl (C=O) groups is 1. The SMILES string of the molecule is CCCCCCCCCCCCOCC(CN(CCCl)CCCCCC(=O)OCC(CCCCCC)CCCCCCCC)OCCCCCCCCCCCC. The van der Waals surface area contributed by atoms with E-state index in [-0.39, 0.29) is 12.1 Å². The Balaban J connectivity index is 4.62. The molecule has 0 heterocycles. The van der Waals surface area contributed by atoms with Gasteiger partial charge < -0.3 is 14.2 Å². The molecule has 0 aliphatic heterocycles. The third-order valence-corrected chi connectivity index (χ3v) is 12.1. The average Bonchev–Trinajstić information content (AvgIpc) is 3.21. The number of ether oxygens (including phenoxy) is 3. The lowest BCUT2D eigenvalue weighted by atomic mass is 9.95. The number of hydrogen-bond acceptors (Lipinski definition) is 5. The second-order valence-corrected chi connectivity index (χ2v) is 18.1. The van der Waals surface area contributed by atoms with Crippen molar-refractivity contribution >= 4 is 17.6 Å². The summed E-state index contributed by atoms with van der Waals surface area (Å²) in [5.74, 6) is 1.14. The van der Waals surface area contributed by atoms with Gasteiger partial charge in [0, 0.05) is 38.6 Å². The van der Waals surface area contributed by atoms with Crippen LogP contribution in [-0.4, -0.2) is 68.9 Å². The van der Waals surface area contributed by atoms with Gasteiger partial charge in [-0.2, -0.15) is 0 Å². The summed E-state index contributed by atoms with van der Waals surface area (Å²) in [6.45, 7) is 14.8. The first kappa shape index (κ1) is 56.6. The molecule has 2 atom stereocenters. The van der Waals surface area contributed by atoms with Crippen molar-refractivity contribution in [2.24, 2.45) is 5.92 Å². The van der Waals surface area contributed by atoms with Gasteiger partial charge in [-0.1, -0.05) is 214 Å². The van der Waals surface area contributed by atoms with E-state index in [2.05, 4.69) is 32.6 Å². The molecule has 0 aromatic carbocycles. The summed E-state index contributed by atoms with van der Waals surface area (Å²) < 4.78 is 18.6. The molecule has 2 unspecified atom stereocenters. The Morgan fingerprint density at radius 3 is 1.39 bits per heavy atom. The van der Waals surface area contributed by atoms with Crippen LogP contribution in [0.5, 0.6) is 0 Å². The highest BCUT2D eigenvalue weighted by molar-refractivity contribution is 6.18. The average molecular weight is 829 g/mol. The van der Waals surface area contributed by atoms with Gasteiger partial charge in [-0.3, -0.25) is 9.69 Å². The summed E-state index contributed by atoms with van der Waals surface area (Å²) in [6, 6.07) is 0. The van der Waals surface area contributed by atoms with Crippen LogP contribution in [0.4, 0.5) is 0 Å². The quantitative estimate of drug-likeness (QED) is 0.0347. The largest absolute Gasteiger partial charge is 0.465 e. The van der Waals surface area contributed by atoms with Gasteiger partial charge in [0.05, 0.1) is 19.3 Å². The second-order valence-electron chi connectivity index (χ2n) is 17.7. The monoisotopic (exact) mass is 828 g/mol. The zero-order chi connectivity index (χ0) is 41.5. The summed E-state index contributed by atoms with van der Waals surface area (Å²) >= 11 is 6.31. The predicted octanol–water partition coefficient (Wildman–Crippen LogP) is 16.2.